The van der Waals surface area contributed by atoms with Crippen LogP contribution in [0.1, 0.15) is 25.9 Å². The molecule has 0 spiro atoms. The van der Waals surface area contributed by atoms with Crippen molar-refractivity contribution in [3.63, 3.8) is 0 Å². The van der Waals surface area contributed by atoms with Crippen LogP contribution < -0.4 is 0 Å². The number of hydrogen-bond acceptors (Lipinski definition) is 5. The molecule has 6 heteroatoms. The molecule has 0 unspecified atom stereocenters. The first-order chi connectivity index (χ1) is 9.47. The monoisotopic (exact) mass is 288 g/mol. The summed E-state index contributed by atoms with van der Waals surface area (Å²) in [7, 11) is 0. The minimum Gasteiger partial charge on any atom is -0.288 e. The maximum absolute atomic E-state index is 12.0. The van der Waals surface area contributed by atoms with Gasteiger partial charge in [0.2, 0.25) is 0 Å². The van der Waals surface area contributed by atoms with E-state index in [4.69, 9.17) is 0 Å². The number of nitrogens with zero attached hydrogens (tertiary/aromatic N) is 2. The van der Waals surface area contributed by atoms with Gasteiger partial charge in [0.25, 0.3) is 5.69 Å². The van der Waals surface area contributed by atoms with Crippen LogP contribution in [-0.2, 0) is 0 Å². The fraction of sp³-hybridized carbons (Fsp3) is 0.143. The molecular weight excluding hydrogens is 276 g/mol. The van der Waals surface area contributed by atoms with E-state index in [9.17, 15) is 14.9 Å². The molecule has 20 heavy (non-hydrogen) atoms. The predicted octanol–water partition coefficient (Wildman–Crippen LogP) is 3.56. The van der Waals surface area contributed by atoms with E-state index in [2.05, 4.69) is 4.98 Å². The highest BCUT2D eigenvalue weighted by atomic mass is 32.1. The number of ketones is 1. The summed E-state index contributed by atoms with van der Waals surface area (Å²) in [5.41, 5.74) is 1.33. The average Bonchev–Trinajstić information content (AvgIpc) is 2.75. The molecule has 0 fully saturated rings. The largest absolute Gasteiger partial charge is 0.288 e. The van der Waals surface area contributed by atoms with Crippen LogP contribution in [-0.4, -0.2) is 15.7 Å². The van der Waals surface area contributed by atoms with Gasteiger partial charge in [-0.25, -0.2) is 4.98 Å². The summed E-state index contributed by atoms with van der Waals surface area (Å²) in [6, 6.07) is 6.14. The maximum atomic E-state index is 12.0. The third-order valence-electron chi connectivity index (χ3n) is 2.64. The van der Waals surface area contributed by atoms with Gasteiger partial charge in [0.05, 0.1) is 20.5 Å². The van der Waals surface area contributed by atoms with E-state index in [0.717, 1.165) is 5.01 Å². The molecule has 0 radical (unpaired) electrons. The number of carbonyl (C=O) groups is 1. The molecule has 1 aromatic carbocycles. The molecule has 5 nitrogen and oxygen atoms in total. The molecule has 0 bridgehead atoms. The molecule has 0 amide bonds. The first-order valence-electron chi connectivity index (χ1n) is 5.88. The zero-order valence-corrected chi connectivity index (χ0v) is 11.8. The molecule has 0 aliphatic heterocycles. The minimum absolute atomic E-state index is 0.00409. The summed E-state index contributed by atoms with van der Waals surface area (Å²) < 4.78 is 0. The summed E-state index contributed by atoms with van der Waals surface area (Å²) in [6.45, 7) is 3.64. The number of nitro benzene ring substituents is 1. The van der Waals surface area contributed by atoms with Crippen molar-refractivity contribution in [2.75, 3.05) is 0 Å². The lowest BCUT2D eigenvalue weighted by Crippen LogP contribution is -1.93. The van der Waals surface area contributed by atoms with Gasteiger partial charge < -0.3 is 0 Å². The number of nitro groups is 1. The maximum Gasteiger partial charge on any atom is 0.270 e. The van der Waals surface area contributed by atoms with Gasteiger partial charge in [0, 0.05) is 12.1 Å². The Balaban J connectivity index is 2.21. The molecule has 1 aromatic heterocycles. The Kier molecular flexibility index (Phi) is 4.05. The standard InChI is InChI=1S/C14H12N2O3S/c1-9-14(20-10(2)15-9)13(17)7-6-11-4-3-5-12(8-11)16(18)19/h3-8H,1-2H3. The van der Waals surface area contributed by atoms with Crippen molar-refractivity contribution in [3.8, 4) is 0 Å². The predicted molar refractivity (Wildman–Crippen MR) is 78.0 cm³/mol. The summed E-state index contributed by atoms with van der Waals surface area (Å²) in [4.78, 5) is 27.0. The molecule has 2 aromatic rings. The van der Waals surface area contributed by atoms with E-state index in [1.54, 1.807) is 25.1 Å². The Morgan fingerprint density at radius 3 is 2.75 bits per heavy atom. The quantitative estimate of drug-likeness (QED) is 0.373. The molecular formula is C14H12N2O3S. The van der Waals surface area contributed by atoms with Crippen molar-refractivity contribution in [2.24, 2.45) is 0 Å². The highest BCUT2D eigenvalue weighted by Crippen LogP contribution is 2.19. The van der Waals surface area contributed by atoms with Crippen LogP contribution >= 0.6 is 11.3 Å². The lowest BCUT2D eigenvalue weighted by molar-refractivity contribution is -0.384. The smallest absolute Gasteiger partial charge is 0.270 e. The molecule has 2 rings (SSSR count). The number of aryl methyl sites for hydroxylation is 2. The third-order valence-corrected chi connectivity index (χ3v) is 3.72. The molecule has 0 saturated heterocycles. The average molecular weight is 288 g/mol. The van der Waals surface area contributed by atoms with E-state index >= 15 is 0 Å². The van der Waals surface area contributed by atoms with Crippen LogP contribution in [0.5, 0.6) is 0 Å². The first-order valence-corrected chi connectivity index (χ1v) is 6.70. The summed E-state index contributed by atoms with van der Waals surface area (Å²) in [6.07, 6.45) is 2.99. The molecule has 0 atom stereocenters. The highest BCUT2D eigenvalue weighted by Gasteiger charge is 2.11. The van der Waals surface area contributed by atoms with Crippen molar-refractivity contribution >= 4 is 28.9 Å². The fourth-order valence-electron chi connectivity index (χ4n) is 1.75. The second-order valence-electron chi connectivity index (χ2n) is 4.20. The van der Waals surface area contributed by atoms with Crippen molar-refractivity contribution in [1.82, 2.24) is 4.98 Å². The van der Waals surface area contributed by atoms with E-state index in [0.29, 0.717) is 16.1 Å². The molecule has 1 heterocycles. The number of hydrogen-bond donors (Lipinski definition) is 0. The molecule has 0 aliphatic carbocycles. The van der Waals surface area contributed by atoms with Crippen molar-refractivity contribution < 1.29 is 9.72 Å². The lowest BCUT2D eigenvalue weighted by Gasteiger charge is -1.94. The first kappa shape index (κ1) is 14.1. The van der Waals surface area contributed by atoms with Crippen LogP contribution in [0.3, 0.4) is 0 Å². The van der Waals surface area contributed by atoms with Crippen molar-refractivity contribution in [1.29, 1.82) is 0 Å². The SMILES string of the molecule is Cc1nc(C)c(C(=O)C=Cc2cccc([N+](=O)[O-])c2)s1. The number of thiazole rings is 1. The fourth-order valence-corrected chi connectivity index (χ4v) is 2.59. The summed E-state index contributed by atoms with van der Waals surface area (Å²) >= 11 is 1.35. The third kappa shape index (κ3) is 3.16. The van der Waals surface area contributed by atoms with Gasteiger partial charge >= 0.3 is 0 Å². The normalized spacial score (nSPS) is 10.9. The molecule has 0 aliphatic rings. The van der Waals surface area contributed by atoms with Crippen LogP contribution in [0.2, 0.25) is 0 Å². The number of carbonyl (C=O) groups excluding carboxylic acids is 1. The van der Waals surface area contributed by atoms with Gasteiger partial charge in [-0.05, 0) is 25.5 Å². The zero-order valence-electron chi connectivity index (χ0n) is 11.0. The lowest BCUT2D eigenvalue weighted by atomic mass is 10.1. The van der Waals surface area contributed by atoms with Crippen LogP contribution in [0.15, 0.2) is 30.3 Å². The number of benzene rings is 1. The van der Waals surface area contributed by atoms with Gasteiger partial charge in [-0.1, -0.05) is 18.2 Å². The van der Waals surface area contributed by atoms with Gasteiger partial charge in [-0.3, -0.25) is 14.9 Å². The number of allylic oxidation sites excluding steroid dienone is 1. The summed E-state index contributed by atoms with van der Waals surface area (Å²) in [5.74, 6) is -0.139. The van der Waals surface area contributed by atoms with Gasteiger partial charge in [-0.15, -0.1) is 11.3 Å². The van der Waals surface area contributed by atoms with E-state index in [-0.39, 0.29) is 11.5 Å². The Morgan fingerprint density at radius 2 is 2.15 bits per heavy atom. The Morgan fingerprint density at radius 1 is 1.40 bits per heavy atom. The van der Waals surface area contributed by atoms with Crippen LogP contribution in [0, 0.1) is 24.0 Å². The van der Waals surface area contributed by atoms with E-state index in [1.807, 2.05) is 6.92 Å². The highest BCUT2D eigenvalue weighted by molar-refractivity contribution is 7.13. The van der Waals surface area contributed by atoms with Gasteiger partial charge in [-0.2, -0.15) is 0 Å². The summed E-state index contributed by atoms with van der Waals surface area (Å²) in [5, 5.41) is 11.5. The van der Waals surface area contributed by atoms with Gasteiger partial charge in [0.15, 0.2) is 5.78 Å². The number of rotatable bonds is 4. The van der Waals surface area contributed by atoms with Crippen molar-refractivity contribution in [2.45, 2.75) is 13.8 Å². The van der Waals surface area contributed by atoms with E-state index < -0.39 is 4.92 Å². The second kappa shape index (κ2) is 5.75. The van der Waals surface area contributed by atoms with Crippen LogP contribution in [0.4, 0.5) is 5.69 Å². The Labute approximate surface area is 119 Å². The Bertz CT molecular complexity index is 704. The van der Waals surface area contributed by atoms with Crippen LogP contribution in [0.25, 0.3) is 6.08 Å². The van der Waals surface area contributed by atoms with E-state index in [1.165, 1.54) is 29.5 Å². The second-order valence-corrected chi connectivity index (χ2v) is 5.40. The topological polar surface area (TPSA) is 73.1 Å². The molecule has 102 valence electrons. The molecule has 0 saturated carbocycles. The minimum atomic E-state index is -0.462. The number of aromatic nitrogens is 1. The van der Waals surface area contributed by atoms with Gasteiger partial charge in [0.1, 0.15) is 0 Å². The molecule has 0 N–H and O–H groups in total. The van der Waals surface area contributed by atoms with Crippen molar-refractivity contribution in [3.05, 3.63) is 61.6 Å². The Hall–Kier alpha value is -2.34. The number of non-ortho nitro benzene ring substituents is 1. The zero-order chi connectivity index (χ0) is 14.7.